The molecule has 1 aromatic heterocycles. The number of hydrogen-bond donors (Lipinski definition) is 1. The molecule has 1 atom stereocenters. The van der Waals surface area contributed by atoms with Crippen molar-refractivity contribution in [1.82, 2.24) is 9.88 Å². The fourth-order valence-electron chi connectivity index (χ4n) is 1.95. The van der Waals surface area contributed by atoms with E-state index in [1.807, 2.05) is 0 Å². The molecule has 2 rings (SSSR count). The summed E-state index contributed by atoms with van der Waals surface area (Å²) in [5, 5.41) is 9.97. The number of piperazine rings is 1. The molecule has 0 aromatic carbocycles. The molecular formula is C10H14ClN5S. The fourth-order valence-corrected chi connectivity index (χ4v) is 3.09. The Kier molecular flexibility index (Phi) is 3.84. The van der Waals surface area contributed by atoms with Gasteiger partial charge < -0.3 is 15.5 Å². The van der Waals surface area contributed by atoms with E-state index in [1.165, 1.54) is 11.3 Å². The minimum atomic E-state index is 0.238. The van der Waals surface area contributed by atoms with Gasteiger partial charge in [0.05, 0.1) is 6.04 Å². The molecule has 0 bridgehead atoms. The Morgan fingerprint density at radius 2 is 2.41 bits per heavy atom. The third-order valence-corrected chi connectivity index (χ3v) is 4.26. The number of likely N-dealkylation sites (N-methyl/N-ethyl adjacent to an activating group) is 1. The zero-order valence-corrected chi connectivity index (χ0v) is 11.1. The number of rotatable bonds is 2. The topological polar surface area (TPSA) is 69.2 Å². The van der Waals surface area contributed by atoms with Gasteiger partial charge in [0.25, 0.3) is 0 Å². The highest BCUT2D eigenvalue weighted by Crippen LogP contribution is 2.30. The number of nitrogens with zero attached hydrogens (tertiary/aromatic N) is 4. The molecule has 0 saturated carbocycles. The van der Waals surface area contributed by atoms with Gasteiger partial charge in [-0.2, -0.15) is 5.26 Å². The normalized spacial score (nSPS) is 21.5. The Morgan fingerprint density at radius 1 is 1.65 bits per heavy atom. The first-order valence-electron chi connectivity index (χ1n) is 5.37. The molecule has 0 aliphatic carbocycles. The zero-order chi connectivity index (χ0) is 12.4. The van der Waals surface area contributed by atoms with E-state index >= 15 is 0 Å². The molecule has 92 valence electrons. The summed E-state index contributed by atoms with van der Waals surface area (Å²) in [4.78, 5) is 9.11. The number of halogens is 1. The molecule has 1 aliphatic rings. The van der Waals surface area contributed by atoms with Crippen LogP contribution in [-0.4, -0.2) is 49.2 Å². The first-order chi connectivity index (χ1) is 8.15. The lowest BCUT2D eigenvalue weighted by Gasteiger charge is -2.39. The summed E-state index contributed by atoms with van der Waals surface area (Å²) in [5.74, 6) is 0. The van der Waals surface area contributed by atoms with Gasteiger partial charge in [-0.25, -0.2) is 4.98 Å². The van der Waals surface area contributed by atoms with Crippen LogP contribution in [0.15, 0.2) is 0 Å². The van der Waals surface area contributed by atoms with Crippen molar-refractivity contribution in [3.8, 4) is 6.07 Å². The van der Waals surface area contributed by atoms with E-state index in [2.05, 4.69) is 27.9 Å². The molecule has 1 saturated heterocycles. The van der Waals surface area contributed by atoms with Crippen LogP contribution in [0.4, 0.5) is 5.13 Å². The fraction of sp³-hybridized carbons (Fsp3) is 0.600. The van der Waals surface area contributed by atoms with Crippen LogP contribution in [0.1, 0.15) is 4.88 Å². The summed E-state index contributed by atoms with van der Waals surface area (Å²) in [7, 11) is 2.08. The lowest BCUT2D eigenvalue weighted by molar-refractivity contribution is 0.269. The maximum atomic E-state index is 8.88. The lowest BCUT2D eigenvalue weighted by Crippen LogP contribution is -2.55. The summed E-state index contributed by atoms with van der Waals surface area (Å²) >= 11 is 7.23. The number of hydrogen-bond acceptors (Lipinski definition) is 6. The van der Waals surface area contributed by atoms with Crippen LogP contribution < -0.4 is 10.6 Å². The third-order valence-electron chi connectivity index (χ3n) is 2.88. The van der Waals surface area contributed by atoms with Gasteiger partial charge in [0.1, 0.15) is 10.9 Å². The van der Waals surface area contributed by atoms with Crippen LogP contribution in [0.5, 0.6) is 0 Å². The second-order valence-corrected chi connectivity index (χ2v) is 5.41. The molecule has 5 nitrogen and oxygen atoms in total. The maximum absolute atomic E-state index is 8.88. The van der Waals surface area contributed by atoms with Crippen molar-refractivity contribution in [3.63, 3.8) is 0 Å². The summed E-state index contributed by atoms with van der Waals surface area (Å²) < 4.78 is 0. The highest BCUT2D eigenvalue weighted by molar-refractivity contribution is 7.16. The molecule has 1 aromatic rings. The summed E-state index contributed by atoms with van der Waals surface area (Å²) in [6.07, 6.45) is 0. The van der Waals surface area contributed by atoms with Gasteiger partial charge in [0.2, 0.25) is 0 Å². The average Bonchev–Trinajstić information content (AvgIpc) is 2.70. The molecule has 1 unspecified atom stereocenters. The van der Waals surface area contributed by atoms with E-state index in [0.717, 1.165) is 24.8 Å². The molecule has 7 heteroatoms. The number of aromatic nitrogens is 1. The predicted octanol–water partition coefficient (Wildman–Crippen LogP) is 0.747. The SMILES string of the molecule is CN1CCN(c2nc(Cl)c(C#N)s2)C(CN)C1. The van der Waals surface area contributed by atoms with Crippen LogP contribution in [0.25, 0.3) is 0 Å². The van der Waals surface area contributed by atoms with E-state index in [-0.39, 0.29) is 6.04 Å². The Hall–Kier alpha value is -0.870. The first-order valence-corrected chi connectivity index (χ1v) is 6.56. The summed E-state index contributed by atoms with van der Waals surface area (Å²) in [6.45, 7) is 3.32. The van der Waals surface area contributed by atoms with Crippen molar-refractivity contribution in [2.45, 2.75) is 6.04 Å². The molecule has 1 fully saturated rings. The van der Waals surface area contributed by atoms with Crippen LogP contribution in [0, 0.1) is 11.3 Å². The van der Waals surface area contributed by atoms with Crippen LogP contribution in [0.2, 0.25) is 5.15 Å². The quantitative estimate of drug-likeness (QED) is 0.860. The minimum absolute atomic E-state index is 0.238. The lowest BCUT2D eigenvalue weighted by atomic mass is 10.2. The molecule has 17 heavy (non-hydrogen) atoms. The Balaban J connectivity index is 2.23. The maximum Gasteiger partial charge on any atom is 0.188 e. The average molecular weight is 272 g/mol. The standard InChI is InChI=1S/C10H14ClN5S/c1-15-2-3-16(7(4-12)6-15)10-14-9(11)8(5-13)17-10/h7H,2-4,6,12H2,1H3. The Labute approximate surface area is 109 Å². The van der Waals surface area contributed by atoms with Crippen LogP contribution in [-0.2, 0) is 0 Å². The Bertz CT molecular complexity index is 440. The number of thiazole rings is 1. The minimum Gasteiger partial charge on any atom is -0.341 e. The monoisotopic (exact) mass is 271 g/mol. The van der Waals surface area contributed by atoms with Crippen LogP contribution >= 0.6 is 22.9 Å². The number of nitrogens with two attached hydrogens (primary N) is 1. The summed E-state index contributed by atoms with van der Waals surface area (Å²) in [6, 6.07) is 2.29. The van der Waals surface area contributed by atoms with Crippen molar-refractivity contribution in [2.24, 2.45) is 5.73 Å². The van der Waals surface area contributed by atoms with Gasteiger partial charge in [-0.15, -0.1) is 0 Å². The van der Waals surface area contributed by atoms with Crippen molar-refractivity contribution in [1.29, 1.82) is 5.26 Å². The van der Waals surface area contributed by atoms with E-state index in [4.69, 9.17) is 22.6 Å². The van der Waals surface area contributed by atoms with Gasteiger partial charge in [-0.05, 0) is 7.05 Å². The van der Waals surface area contributed by atoms with E-state index in [0.29, 0.717) is 16.6 Å². The van der Waals surface area contributed by atoms with Crippen molar-refractivity contribution >= 4 is 28.1 Å². The van der Waals surface area contributed by atoms with Gasteiger partial charge in [-0.1, -0.05) is 22.9 Å². The third kappa shape index (κ3) is 2.53. The second kappa shape index (κ2) is 5.19. The van der Waals surface area contributed by atoms with Crippen molar-refractivity contribution in [2.75, 3.05) is 38.1 Å². The molecule has 0 spiro atoms. The van der Waals surface area contributed by atoms with E-state index < -0.39 is 0 Å². The molecular weight excluding hydrogens is 258 g/mol. The molecule has 1 aliphatic heterocycles. The second-order valence-electron chi connectivity index (χ2n) is 4.07. The number of nitriles is 1. The van der Waals surface area contributed by atoms with Crippen molar-refractivity contribution in [3.05, 3.63) is 10.0 Å². The van der Waals surface area contributed by atoms with E-state index in [1.54, 1.807) is 0 Å². The first kappa shape index (κ1) is 12.6. The van der Waals surface area contributed by atoms with Gasteiger partial charge in [-0.3, -0.25) is 0 Å². The summed E-state index contributed by atoms with van der Waals surface area (Å²) in [5.41, 5.74) is 5.78. The van der Waals surface area contributed by atoms with Gasteiger partial charge >= 0.3 is 0 Å². The molecule has 0 radical (unpaired) electrons. The van der Waals surface area contributed by atoms with Crippen LogP contribution in [0.3, 0.4) is 0 Å². The smallest absolute Gasteiger partial charge is 0.188 e. The predicted molar refractivity (Wildman–Crippen MR) is 69.5 cm³/mol. The zero-order valence-electron chi connectivity index (χ0n) is 9.56. The Morgan fingerprint density at radius 3 is 3.00 bits per heavy atom. The largest absolute Gasteiger partial charge is 0.341 e. The molecule has 2 N–H and O–H groups in total. The highest BCUT2D eigenvalue weighted by atomic mass is 35.5. The van der Waals surface area contributed by atoms with Gasteiger partial charge in [0, 0.05) is 26.2 Å². The van der Waals surface area contributed by atoms with Gasteiger partial charge in [0.15, 0.2) is 10.3 Å². The molecule has 2 heterocycles. The van der Waals surface area contributed by atoms with E-state index in [9.17, 15) is 0 Å². The number of anilines is 1. The molecule has 0 amide bonds. The van der Waals surface area contributed by atoms with Crippen molar-refractivity contribution < 1.29 is 0 Å². The highest BCUT2D eigenvalue weighted by Gasteiger charge is 2.27.